The number of nitrogen functional groups attached to an aromatic ring is 1. The second kappa shape index (κ2) is 5.56. The Hall–Kier alpha value is -2.36. The highest BCUT2D eigenvalue weighted by atomic mass is 16.1. The first-order valence-electron chi connectivity index (χ1n) is 7.25. The van der Waals surface area contributed by atoms with Crippen LogP contribution in [0.2, 0.25) is 0 Å². The lowest BCUT2D eigenvalue weighted by Crippen LogP contribution is -2.45. The summed E-state index contributed by atoms with van der Waals surface area (Å²) in [4.78, 5) is 16.2. The largest absolute Gasteiger partial charge is 0.383 e. The Morgan fingerprint density at radius 3 is 2.57 bits per heavy atom. The highest BCUT2D eigenvalue weighted by Crippen LogP contribution is 2.43. The van der Waals surface area contributed by atoms with Crippen LogP contribution >= 0.6 is 0 Å². The van der Waals surface area contributed by atoms with E-state index in [1.54, 1.807) is 18.3 Å². The monoisotopic (exact) mass is 281 g/mol. The fraction of sp³-hybridized carbons (Fsp3) is 0.294. The smallest absolute Gasteiger partial charge is 0.255 e. The first-order valence-corrected chi connectivity index (χ1v) is 7.25. The van der Waals surface area contributed by atoms with Gasteiger partial charge in [-0.2, -0.15) is 0 Å². The number of hydrogen-bond acceptors (Lipinski definition) is 3. The average molecular weight is 281 g/mol. The maximum absolute atomic E-state index is 12.3. The zero-order valence-corrected chi connectivity index (χ0v) is 11.9. The molecule has 0 spiro atoms. The van der Waals surface area contributed by atoms with Crippen LogP contribution in [0.25, 0.3) is 0 Å². The van der Waals surface area contributed by atoms with Gasteiger partial charge in [0.1, 0.15) is 5.82 Å². The van der Waals surface area contributed by atoms with Crippen molar-refractivity contribution in [2.45, 2.75) is 24.7 Å². The molecule has 0 radical (unpaired) electrons. The third-order valence-electron chi connectivity index (χ3n) is 4.37. The molecule has 1 aliphatic rings. The van der Waals surface area contributed by atoms with Crippen molar-refractivity contribution in [1.82, 2.24) is 10.3 Å². The predicted molar refractivity (Wildman–Crippen MR) is 83.0 cm³/mol. The van der Waals surface area contributed by atoms with Gasteiger partial charge in [-0.25, -0.2) is 4.98 Å². The van der Waals surface area contributed by atoms with Crippen molar-refractivity contribution in [3.63, 3.8) is 0 Å². The Kier molecular flexibility index (Phi) is 3.60. The summed E-state index contributed by atoms with van der Waals surface area (Å²) < 4.78 is 0. The lowest BCUT2D eigenvalue weighted by molar-refractivity contribution is 0.0928. The molecule has 1 heterocycles. The number of nitrogens with one attached hydrogen (secondary N) is 1. The molecule has 1 aliphatic carbocycles. The zero-order valence-electron chi connectivity index (χ0n) is 11.9. The Balaban J connectivity index is 1.72. The van der Waals surface area contributed by atoms with Crippen LogP contribution in [0, 0.1) is 0 Å². The van der Waals surface area contributed by atoms with Crippen molar-refractivity contribution < 1.29 is 4.79 Å². The van der Waals surface area contributed by atoms with E-state index in [1.165, 1.54) is 12.0 Å². The number of nitrogens with zero attached hydrogens (tertiary/aromatic N) is 1. The number of benzene rings is 1. The number of anilines is 1. The summed E-state index contributed by atoms with van der Waals surface area (Å²) in [6.45, 7) is 0.643. The minimum atomic E-state index is -0.150. The molecule has 1 fully saturated rings. The van der Waals surface area contributed by atoms with Gasteiger partial charge in [0.15, 0.2) is 0 Å². The van der Waals surface area contributed by atoms with Gasteiger partial charge in [-0.05, 0) is 30.5 Å². The van der Waals surface area contributed by atoms with E-state index in [4.69, 9.17) is 5.73 Å². The van der Waals surface area contributed by atoms with Crippen LogP contribution in [-0.2, 0) is 5.41 Å². The van der Waals surface area contributed by atoms with Gasteiger partial charge >= 0.3 is 0 Å². The van der Waals surface area contributed by atoms with Gasteiger partial charge in [-0.15, -0.1) is 0 Å². The quantitative estimate of drug-likeness (QED) is 0.904. The van der Waals surface area contributed by atoms with E-state index in [0.29, 0.717) is 12.1 Å². The third-order valence-corrected chi connectivity index (χ3v) is 4.37. The van der Waals surface area contributed by atoms with Gasteiger partial charge < -0.3 is 11.1 Å². The van der Waals surface area contributed by atoms with Crippen LogP contribution in [0.1, 0.15) is 35.2 Å². The van der Waals surface area contributed by atoms with Crippen molar-refractivity contribution in [3.05, 3.63) is 59.8 Å². The van der Waals surface area contributed by atoms with E-state index in [0.717, 1.165) is 12.8 Å². The van der Waals surface area contributed by atoms with Gasteiger partial charge in [0.2, 0.25) is 0 Å². The minimum absolute atomic E-state index is 0.0773. The number of rotatable bonds is 4. The molecule has 1 aromatic heterocycles. The Morgan fingerprint density at radius 1 is 1.19 bits per heavy atom. The summed E-state index contributed by atoms with van der Waals surface area (Å²) in [7, 11) is 0. The Bertz CT molecular complexity index is 635. The maximum atomic E-state index is 12.3. The number of aromatic nitrogens is 1. The number of amides is 1. The molecule has 4 heteroatoms. The van der Waals surface area contributed by atoms with Crippen molar-refractivity contribution in [1.29, 1.82) is 0 Å². The number of hydrogen-bond donors (Lipinski definition) is 2. The Labute approximate surface area is 124 Å². The average Bonchev–Trinajstić information content (AvgIpc) is 2.47. The number of nitrogens with two attached hydrogens (primary N) is 1. The molecule has 108 valence electrons. The molecular formula is C17H19N3O. The summed E-state index contributed by atoms with van der Waals surface area (Å²) in [6.07, 6.45) is 5.02. The van der Waals surface area contributed by atoms with E-state index in [-0.39, 0.29) is 17.1 Å². The minimum Gasteiger partial charge on any atom is -0.383 e. The van der Waals surface area contributed by atoms with Crippen LogP contribution in [0.5, 0.6) is 0 Å². The molecule has 0 saturated heterocycles. The molecule has 0 bridgehead atoms. The molecule has 0 unspecified atom stereocenters. The molecule has 1 aromatic carbocycles. The maximum Gasteiger partial charge on any atom is 0.255 e. The van der Waals surface area contributed by atoms with Crippen LogP contribution in [0.3, 0.4) is 0 Å². The van der Waals surface area contributed by atoms with Crippen molar-refractivity contribution in [3.8, 4) is 0 Å². The predicted octanol–water partition coefficient (Wildman–Crippen LogP) is 2.52. The highest BCUT2D eigenvalue weighted by Gasteiger charge is 2.38. The van der Waals surface area contributed by atoms with Gasteiger partial charge in [0.25, 0.3) is 5.91 Å². The topological polar surface area (TPSA) is 68.0 Å². The molecule has 0 atom stereocenters. The van der Waals surface area contributed by atoms with Gasteiger partial charge in [0, 0.05) is 18.2 Å². The summed E-state index contributed by atoms with van der Waals surface area (Å²) in [5.41, 5.74) is 7.57. The highest BCUT2D eigenvalue weighted by molar-refractivity contribution is 5.98. The van der Waals surface area contributed by atoms with Crippen LogP contribution < -0.4 is 11.1 Å². The molecule has 21 heavy (non-hydrogen) atoms. The van der Waals surface area contributed by atoms with E-state index >= 15 is 0 Å². The third kappa shape index (κ3) is 2.61. The molecule has 3 rings (SSSR count). The summed E-state index contributed by atoms with van der Waals surface area (Å²) in [5.74, 6) is 0.125. The molecule has 1 amide bonds. The first kappa shape index (κ1) is 13.6. The fourth-order valence-corrected chi connectivity index (χ4v) is 2.92. The first-order chi connectivity index (χ1) is 10.2. The zero-order chi connectivity index (χ0) is 14.7. The Morgan fingerprint density at radius 2 is 1.95 bits per heavy atom. The van der Waals surface area contributed by atoms with Gasteiger partial charge in [-0.3, -0.25) is 4.79 Å². The number of carbonyl (C=O) groups excluding carboxylic acids is 1. The van der Waals surface area contributed by atoms with Crippen molar-refractivity contribution in [2.75, 3.05) is 12.3 Å². The fourth-order valence-electron chi connectivity index (χ4n) is 2.92. The second-order valence-corrected chi connectivity index (χ2v) is 5.62. The van der Waals surface area contributed by atoms with Crippen molar-refractivity contribution >= 4 is 11.7 Å². The van der Waals surface area contributed by atoms with E-state index in [9.17, 15) is 4.79 Å². The SMILES string of the molecule is Nc1ncccc1C(=O)NCC1(c2ccccc2)CCC1. The van der Waals surface area contributed by atoms with Gasteiger partial charge in [-0.1, -0.05) is 36.8 Å². The molecule has 2 aromatic rings. The molecule has 3 N–H and O–H groups in total. The van der Waals surface area contributed by atoms with E-state index in [2.05, 4.69) is 34.6 Å². The second-order valence-electron chi connectivity index (χ2n) is 5.62. The molecule has 4 nitrogen and oxygen atoms in total. The number of carbonyl (C=O) groups is 1. The normalized spacial score (nSPS) is 16.0. The van der Waals surface area contributed by atoms with E-state index < -0.39 is 0 Å². The lowest BCUT2D eigenvalue weighted by Gasteiger charge is -2.42. The summed E-state index contributed by atoms with van der Waals surface area (Å²) >= 11 is 0. The summed E-state index contributed by atoms with van der Waals surface area (Å²) in [5, 5.41) is 3.02. The number of pyridine rings is 1. The van der Waals surface area contributed by atoms with E-state index in [1.807, 2.05) is 6.07 Å². The molecule has 0 aliphatic heterocycles. The van der Waals surface area contributed by atoms with Crippen LogP contribution in [-0.4, -0.2) is 17.4 Å². The van der Waals surface area contributed by atoms with Crippen LogP contribution in [0.15, 0.2) is 48.7 Å². The standard InChI is InChI=1S/C17H19N3O/c18-15-14(8-4-11-19-15)16(21)20-12-17(9-5-10-17)13-6-2-1-3-7-13/h1-4,6-8,11H,5,9-10,12H2,(H2,18,19)(H,20,21). The van der Waals surface area contributed by atoms with Crippen molar-refractivity contribution in [2.24, 2.45) is 0 Å². The summed E-state index contributed by atoms with van der Waals surface area (Å²) in [6, 6.07) is 13.8. The lowest BCUT2D eigenvalue weighted by atomic mass is 9.64. The van der Waals surface area contributed by atoms with Gasteiger partial charge in [0.05, 0.1) is 5.56 Å². The van der Waals surface area contributed by atoms with Crippen LogP contribution in [0.4, 0.5) is 5.82 Å². The molecular weight excluding hydrogens is 262 g/mol. The molecule has 1 saturated carbocycles.